The van der Waals surface area contributed by atoms with Crippen molar-refractivity contribution in [1.29, 1.82) is 0 Å². The predicted molar refractivity (Wildman–Crippen MR) is 112 cm³/mol. The molecule has 3 aromatic rings. The van der Waals surface area contributed by atoms with Gasteiger partial charge in [-0.25, -0.2) is 17.2 Å². The predicted octanol–water partition coefficient (Wildman–Crippen LogP) is 4.98. The molecule has 0 saturated heterocycles. The molecule has 5 nitrogen and oxygen atoms in total. The molecule has 162 valence electrons. The number of carbonyl (C=O) groups is 1. The third-order valence-corrected chi connectivity index (χ3v) is 6.96. The van der Waals surface area contributed by atoms with Crippen molar-refractivity contribution < 1.29 is 27.1 Å². The average molecular weight is 466 g/mol. The lowest BCUT2D eigenvalue weighted by Gasteiger charge is -2.19. The highest BCUT2D eigenvalue weighted by Crippen LogP contribution is 2.36. The second-order valence-electron chi connectivity index (χ2n) is 6.88. The van der Waals surface area contributed by atoms with E-state index in [-0.39, 0.29) is 22.6 Å². The van der Waals surface area contributed by atoms with Crippen LogP contribution in [0.15, 0.2) is 65.7 Å². The van der Waals surface area contributed by atoms with Crippen molar-refractivity contribution in [2.75, 3.05) is 0 Å². The number of carboxylic acid groups (broad SMARTS) is 1. The molecule has 1 heterocycles. The lowest BCUT2D eigenvalue weighted by atomic mass is 10.1. The highest BCUT2D eigenvalue weighted by Gasteiger charge is 2.34. The summed E-state index contributed by atoms with van der Waals surface area (Å²) in [6.07, 6.45) is 2.23. The normalized spacial score (nSPS) is 12.5. The van der Waals surface area contributed by atoms with Crippen LogP contribution >= 0.6 is 11.6 Å². The minimum Gasteiger partial charge on any atom is -0.481 e. The summed E-state index contributed by atoms with van der Waals surface area (Å²) in [5.41, 5.74) is 0.356. The lowest BCUT2D eigenvalue weighted by Crippen LogP contribution is -2.18. The molecule has 0 bridgehead atoms. The van der Waals surface area contributed by atoms with Crippen LogP contribution in [0.1, 0.15) is 34.9 Å². The fraction of sp³-hybridized carbons (Fsp3) is 0.182. The molecule has 0 amide bonds. The van der Waals surface area contributed by atoms with Crippen LogP contribution in [0.2, 0.25) is 5.02 Å². The number of nitrogens with zero attached hydrogens (tertiary/aromatic N) is 1. The molecule has 0 aliphatic rings. The molecule has 0 aliphatic heterocycles. The largest absolute Gasteiger partial charge is 0.481 e. The van der Waals surface area contributed by atoms with Crippen LogP contribution in [0, 0.1) is 11.6 Å². The van der Waals surface area contributed by atoms with Crippen LogP contribution in [0.25, 0.3) is 0 Å². The molecule has 0 saturated carbocycles. The minimum atomic E-state index is -4.21. The summed E-state index contributed by atoms with van der Waals surface area (Å²) in [4.78, 5) is 14.7. The molecule has 1 atom stereocenters. The first kappa shape index (κ1) is 22.8. The Kier molecular flexibility index (Phi) is 7.02. The van der Waals surface area contributed by atoms with Gasteiger partial charge in [-0.1, -0.05) is 17.7 Å². The van der Waals surface area contributed by atoms with Crippen LogP contribution in [0.5, 0.6) is 0 Å². The minimum absolute atomic E-state index is 0.0101. The number of carboxylic acids is 1. The zero-order valence-corrected chi connectivity index (χ0v) is 17.7. The number of hydrogen-bond acceptors (Lipinski definition) is 4. The van der Waals surface area contributed by atoms with E-state index in [1.807, 2.05) is 0 Å². The number of benzene rings is 2. The summed E-state index contributed by atoms with van der Waals surface area (Å²) < 4.78 is 55.3. The van der Waals surface area contributed by atoms with Gasteiger partial charge in [-0.05, 0) is 66.9 Å². The van der Waals surface area contributed by atoms with Gasteiger partial charge in [0.25, 0.3) is 0 Å². The van der Waals surface area contributed by atoms with Crippen molar-refractivity contribution in [3.63, 3.8) is 0 Å². The van der Waals surface area contributed by atoms with E-state index in [0.29, 0.717) is 23.4 Å². The molecule has 31 heavy (non-hydrogen) atoms. The Bertz CT molecular complexity index is 1180. The monoisotopic (exact) mass is 465 g/mol. The van der Waals surface area contributed by atoms with Crippen molar-refractivity contribution in [2.24, 2.45) is 0 Å². The van der Waals surface area contributed by atoms with E-state index >= 15 is 0 Å². The van der Waals surface area contributed by atoms with Gasteiger partial charge in [-0.3, -0.25) is 9.78 Å². The Morgan fingerprint density at radius 1 is 1.06 bits per heavy atom. The van der Waals surface area contributed by atoms with Gasteiger partial charge in [0.1, 0.15) is 16.9 Å². The van der Waals surface area contributed by atoms with Crippen molar-refractivity contribution in [3.05, 3.63) is 94.3 Å². The molecule has 0 spiro atoms. The highest BCUT2D eigenvalue weighted by molar-refractivity contribution is 7.91. The third-order valence-electron chi connectivity index (χ3n) is 4.67. The average Bonchev–Trinajstić information content (AvgIpc) is 2.72. The summed E-state index contributed by atoms with van der Waals surface area (Å²) in [5.74, 6) is -2.57. The van der Waals surface area contributed by atoms with Gasteiger partial charge in [-0.2, -0.15) is 0 Å². The Morgan fingerprint density at radius 2 is 1.77 bits per heavy atom. The van der Waals surface area contributed by atoms with E-state index in [1.165, 1.54) is 36.5 Å². The number of aliphatic carboxylic acids is 1. The van der Waals surface area contributed by atoms with E-state index in [4.69, 9.17) is 16.7 Å². The number of halogens is 3. The van der Waals surface area contributed by atoms with Crippen molar-refractivity contribution >= 4 is 27.4 Å². The quantitative estimate of drug-likeness (QED) is 0.507. The van der Waals surface area contributed by atoms with Crippen LogP contribution < -0.4 is 0 Å². The molecular weight excluding hydrogens is 448 g/mol. The maximum absolute atomic E-state index is 14.6. The van der Waals surface area contributed by atoms with E-state index < -0.39 is 32.7 Å². The van der Waals surface area contributed by atoms with Gasteiger partial charge in [0.05, 0.1) is 10.6 Å². The maximum atomic E-state index is 14.6. The summed E-state index contributed by atoms with van der Waals surface area (Å²) in [7, 11) is -4.21. The zero-order valence-electron chi connectivity index (χ0n) is 16.1. The molecule has 0 fully saturated rings. The van der Waals surface area contributed by atoms with Gasteiger partial charge in [0, 0.05) is 23.2 Å². The molecule has 1 unspecified atom stereocenters. The number of hydrogen-bond donors (Lipinski definition) is 1. The van der Waals surface area contributed by atoms with Crippen LogP contribution in [0.4, 0.5) is 8.78 Å². The van der Waals surface area contributed by atoms with E-state index in [9.17, 15) is 22.0 Å². The Hall–Kier alpha value is -2.84. The fourth-order valence-corrected chi connectivity index (χ4v) is 5.03. The highest BCUT2D eigenvalue weighted by atomic mass is 35.5. The van der Waals surface area contributed by atoms with E-state index in [1.54, 1.807) is 6.07 Å². The molecule has 3 rings (SSSR count). The smallest absolute Gasteiger partial charge is 0.303 e. The zero-order chi connectivity index (χ0) is 22.6. The first-order valence-electron chi connectivity index (χ1n) is 9.29. The van der Waals surface area contributed by atoms with Crippen molar-refractivity contribution in [2.45, 2.75) is 29.4 Å². The molecular formula is C22H18ClF2NO4S. The molecule has 0 aliphatic carbocycles. The van der Waals surface area contributed by atoms with Gasteiger partial charge in [0.15, 0.2) is 9.84 Å². The lowest BCUT2D eigenvalue weighted by molar-refractivity contribution is -0.137. The van der Waals surface area contributed by atoms with Crippen LogP contribution in [-0.4, -0.2) is 24.5 Å². The first-order valence-corrected chi connectivity index (χ1v) is 11.2. The summed E-state index contributed by atoms with van der Waals surface area (Å²) in [6, 6.07) is 11.0. The summed E-state index contributed by atoms with van der Waals surface area (Å²) in [6.45, 7) is 0. The number of aromatic nitrogens is 1. The summed E-state index contributed by atoms with van der Waals surface area (Å²) >= 11 is 5.85. The van der Waals surface area contributed by atoms with Gasteiger partial charge < -0.3 is 5.11 Å². The van der Waals surface area contributed by atoms with Crippen LogP contribution in [-0.2, 0) is 21.1 Å². The molecule has 1 aromatic heterocycles. The first-order chi connectivity index (χ1) is 14.7. The number of rotatable bonds is 8. The summed E-state index contributed by atoms with van der Waals surface area (Å²) in [5, 5.41) is 7.49. The van der Waals surface area contributed by atoms with Gasteiger partial charge in [-0.15, -0.1) is 0 Å². The second kappa shape index (κ2) is 9.53. The van der Waals surface area contributed by atoms with Crippen molar-refractivity contribution in [1.82, 2.24) is 4.98 Å². The molecule has 2 aromatic carbocycles. The number of sulfone groups is 1. The second-order valence-corrected chi connectivity index (χ2v) is 9.35. The fourth-order valence-electron chi connectivity index (χ4n) is 3.14. The van der Waals surface area contributed by atoms with Crippen LogP contribution in [0.3, 0.4) is 0 Å². The number of pyridine rings is 1. The Labute approximate surface area is 183 Å². The SMILES string of the molecule is O=C(O)CCCc1ccc(C(c2cc(F)ccc2F)S(=O)(=O)c2ccc(Cl)cc2)nc1. The van der Waals surface area contributed by atoms with Gasteiger partial charge >= 0.3 is 5.97 Å². The van der Waals surface area contributed by atoms with Gasteiger partial charge in [0.2, 0.25) is 0 Å². The topological polar surface area (TPSA) is 84.3 Å². The Balaban J connectivity index is 2.05. The molecule has 0 radical (unpaired) electrons. The van der Waals surface area contributed by atoms with E-state index in [2.05, 4.69) is 4.98 Å². The standard InChI is InChI=1S/C22H18ClF2NO4S/c23-15-5-8-17(9-6-15)31(29,30)22(18-12-16(24)7-10-19(18)25)20-11-4-14(13-26-20)2-1-3-21(27)28/h4-13,22H,1-3H2,(H,27,28). The molecule has 1 N–H and O–H groups in total. The maximum Gasteiger partial charge on any atom is 0.303 e. The van der Waals surface area contributed by atoms with E-state index in [0.717, 1.165) is 18.2 Å². The number of aryl methyl sites for hydroxylation is 1. The third kappa shape index (κ3) is 5.45. The molecule has 9 heteroatoms. The Morgan fingerprint density at radius 3 is 2.39 bits per heavy atom. The van der Waals surface area contributed by atoms with Crippen molar-refractivity contribution in [3.8, 4) is 0 Å².